The lowest BCUT2D eigenvalue weighted by Crippen LogP contribution is -2.33. The molecule has 10 nitrogen and oxygen atoms in total. The van der Waals surface area contributed by atoms with Crippen LogP contribution in [0.15, 0.2) is 15.7 Å². The van der Waals surface area contributed by atoms with E-state index in [0.29, 0.717) is 23.2 Å². The maximum Gasteiger partial charge on any atom is 0.329 e. The Morgan fingerprint density at radius 3 is 2.73 bits per heavy atom. The number of nitrogens with one attached hydrogen (secondary N) is 3. The van der Waals surface area contributed by atoms with Crippen LogP contribution in [0.2, 0.25) is 0 Å². The second kappa shape index (κ2) is 7.01. The first kappa shape index (κ1) is 18.9. The van der Waals surface area contributed by atoms with Gasteiger partial charge in [-0.25, -0.2) is 9.78 Å². The van der Waals surface area contributed by atoms with E-state index in [0.717, 1.165) is 31.4 Å². The number of H-pyrrole nitrogens is 2. The number of hydrogen-bond acceptors (Lipinski definition) is 6. The molecule has 2 aliphatic rings. The molecule has 2 fully saturated rings. The van der Waals surface area contributed by atoms with E-state index in [1.54, 1.807) is 13.0 Å². The minimum absolute atomic E-state index is 0.124. The van der Waals surface area contributed by atoms with Crippen molar-refractivity contribution in [2.75, 3.05) is 0 Å². The van der Waals surface area contributed by atoms with Crippen molar-refractivity contribution in [1.29, 1.82) is 0 Å². The van der Waals surface area contributed by atoms with E-state index in [-0.39, 0.29) is 29.1 Å². The van der Waals surface area contributed by atoms with Crippen molar-refractivity contribution in [3.63, 3.8) is 0 Å². The summed E-state index contributed by atoms with van der Waals surface area (Å²) in [6.07, 6.45) is 4.04. The first-order valence-corrected chi connectivity index (χ1v) is 10.5. The Balaban J connectivity index is 1.56. The van der Waals surface area contributed by atoms with Crippen LogP contribution >= 0.6 is 12.2 Å². The number of fused-ring (bicyclic) bond motifs is 1. The number of carbonyl (C=O) groups excluding carboxylic acids is 1. The highest BCUT2D eigenvalue weighted by atomic mass is 32.1. The first-order valence-electron chi connectivity index (χ1n) is 10.1. The molecule has 0 saturated heterocycles. The quantitative estimate of drug-likeness (QED) is 0.511. The van der Waals surface area contributed by atoms with Crippen LogP contribution in [0.1, 0.15) is 66.4 Å². The van der Waals surface area contributed by atoms with Crippen molar-refractivity contribution < 1.29 is 4.79 Å². The van der Waals surface area contributed by atoms with E-state index in [4.69, 9.17) is 12.2 Å². The Morgan fingerprint density at radius 2 is 2.07 bits per heavy atom. The summed E-state index contributed by atoms with van der Waals surface area (Å²) in [5.74, 6) is 0.496. The van der Waals surface area contributed by atoms with E-state index in [1.807, 2.05) is 4.57 Å². The lowest BCUT2D eigenvalue weighted by molar-refractivity contribution is 0.0950. The Hall–Kier alpha value is -3.08. The predicted octanol–water partition coefficient (Wildman–Crippen LogP) is 1.50. The van der Waals surface area contributed by atoms with E-state index in [9.17, 15) is 14.4 Å². The predicted molar refractivity (Wildman–Crippen MR) is 111 cm³/mol. The first-order chi connectivity index (χ1) is 14.5. The van der Waals surface area contributed by atoms with E-state index < -0.39 is 17.2 Å². The van der Waals surface area contributed by atoms with Gasteiger partial charge in [0.1, 0.15) is 0 Å². The molecule has 3 aromatic heterocycles. The number of amides is 1. The van der Waals surface area contributed by atoms with Gasteiger partial charge in [0.15, 0.2) is 16.2 Å². The summed E-state index contributed by atoms with van der Waals surface area (Å²) in [5.41, 5.74) is 0.0709. The van der Waals surface area contributed by atoms with E-state index >= 15 is 0 Å². The SMILES string of the molecule is CCn1c(=O)[nH]c(=O)c2c(C(=O)NCc3n[nH]c(=S)n3C3CC3)cc(C3CC3)nc21. The Kier molecular flexibility index (Phi) is 4.42. The normalized spacial score (nSPS) is 16.2. The van der Waals surface area contributed by atoms with E-state index in [2.05, 4.69) is 25.5 Å². The molecule has 3 heterocycles. The van der Waals surface area contributed by atoms with Crippen molar-refractivity contribution in [2.24, 2.45) is 0 Å². The minimum Gasteiger partial charge on any atom is -0.345 e. The van der Waals surface area contributed by atoms with Gasteiger partial charge in [0.25, 0.3) is 11.5 Å². The molecular formula is C19H21N7O3S. The van der Waals surface area contributed by atoms with Gasteiger partial charge in [-0.15, -0.1) is 0 Å². The van der Waals surface area contributed by atoms with Gasteiger partial charge in [0, 0.05) is 24.2 Å². The Bertz CT molecular complexity index is 1340. The lowest BCUT2D eigenvalue weighted by Gasteiger charge is -2.12. The molecule has 0 radical (unpaired) electrons. The topological polar surface area (TPSA) is 130 Å². The fourth-order valence-corrected chi connectivity index (χ4v) is 4.08. The zero-order valence-corrected chi connectivity index (χ0v) is 17.2. The molecule has 0 atom stereocenters. The molecule has 30 heavy (non-hydrogen) atoms. The van der Waals surface area contributed by atoms with Crippen LogP contribution in [0, 0.1) is 4.77 Å². The number of aromatic nitrogens is 6. The minimum atomic E-state index is -0.611. The number of hydrogen-bond donors (Lipinski definition) is 3. The van der Waals surface area contributed by atoms with E-state index in [1.165, 1.54) is 4.57 Å². The zero-order valence-electron chi connectivity index (χ0n) is 16.4. The number of aryl methyl sites for hydroxylation is 1. The van der Waals surface area contributed by atoms with Crippen molar-refractivity contribution in [3.8, 4) is 0 Å². The molecule has 3 aromatic rings. The van der Waals surface area contributed by atoms with Crippen LogP contribution in [-0.4, -0.2) is 35.2 Å². The highest BCUT2D eigenvalue weighted by Gasteiger charge is 2.30. The molecule has 0 bridgehead atoms. The molecule has 3 N–H and O–H groups in total. The third-order valence-electron chi connectivity index (χ3n) is 5.62. The third-order valence-corrected chi connectivity index (χ3v) is 5.91. The molecule has 156 valence electrons. The van der Waals surface area contributed by atoms with Gasteiger partial charge in [0.05, 0.1) is 17.5 Å². The van der Waals surface area contributed by atoms with Gasteiger partial charge in [-0.1, -0.05) is 0 Å². The molecular weight excluding hydrogens is 406 g/mol. The third kappa shape index (κ3) is 3.18. The summed E-state index contributed by atoms with van der Waals surface area (Å²) in [7, 11) is 0. The molecule has 5 rings (SSSR count). The molecule has 2 saturated carbocycles. The number of nitrogens with zero attached hydrogens (tertiary/aromatic N) is 4. The monoisotopic (exact) mass is 427 g/mol. The largest absolute Gasteiger partial charge is 0.345 e. The van der Waals surface area contributed by atoms with Crippen LogP contribution in [0.5, 0.6) is 0 Å². The smallest absolute Gasteiger partial charge is 0.329 e. The number of pyridine rings is 1. The fourth-order valence-electron chi connectivity index (χ4n) is 3.78. The van der Waals surface area contributed by atoms with Gasteiger partial charge in [-0.3, -0.25) is 28.8 Å². The molecule has 11 heteroatoms. The maximum absolute atomic E-state index is 13.1. The van der Waals surface area contributed by atoms with Crippen molar-refractivity contribution in [1.82, 2.24) is 34.6 Å². The average molecular weight is 427 g/mol. The summed E-state index contributed by atoms with van der Waals surface area (Å²) < 4.78 is 3.85. The molecule has 1 amide bonds. The van der Waals surface area contributed by atoms with Gasteiger partial charge < -0.3 is 5.32 Å². The second-order valence-electron chi connectivity index (χ2n) is 7.80. The van der Waals surface area contributed by atoms with Gasteiger partial charge >= 0.3 is 5.69 Å². The summed E-state index contributed by atoms with van der Waals surface area (Å²) in [4.78, 5) is 44.8. The van der Waals surface area contributed by atoms with Crippen molar-refractivity contribution >= 4 is 29.2 Å². The number of rotatable bonds is 6. The lowest BCUT2D eigenvalue weighted by atomic mass is 10.1. The maximum atomic E-state index is 13.1. The Labute approximate surface area is 175 Å². The molecule has 0 aliphatic heterocycles. The second-order valence-corrected chi connectivity index (χ2v) is 8.19. The van der Waals surface area contributed by atoms with Crippen molar-refractivity contribution in [3.05, 3.63) is 48.8 Å². The van der Waals surface area contributed by atoms with Crippen LogP contribution in [0.4, 0.5) is 0 Å². The summed E-state index contributed by atoms with van der Waals surface area (Å²) in [5, 5.41) is 9.98. The molecule has 0 spiro atoms. The average Bonchev–Trinajstić information content (AvgIpc) is 3.64. The summed E-state index contributed by atoms with van der Waals surface area (Å²) in [6.45, 7) is 2.31. The van der Waals surface area contributed by atoms with Gasteiger partial charge in [-0.2, -0.15) is 5.10 Å². The molecule has 0 aromatic carbocycles. The number of carbonyl (C=O) groups is 1. The van der Waals surface area contributed by atoms with Gasteiger partial charge in [0.2, 0.25) is 0 Å². The summed E-state index contributed by atoms with van der Waals surface area (Å²) in [6, 6.07) is 2.00. The standard InChI is InChI=1S/C19H21N7O3S/c1-2-25-15-14(17(28)22-18(25)29)11(7-12(21-15)9-3-4-9)16(27)20-8-13-23-24-19(30)26(13)10-5-6-10/h7,9-10H,2-6,8H2,1H3,(H,20,27)(H,24,30)(H,22,28,29). The van der Waals surface area contributed by atoms with Crippen LogP contribution in [0.25, 0.3) is 11.0 Å². The van der Waals surface area contributed by atoms with Crippen LogP contribution in [-0.2, 0) is 13.1 Å². The van der Waals surface area contributed by atoms with Crippen LogP contribution in [0.3, 0.4) is 0 Å². The highest BCUT2D eigenvalue weighted by molar-refractivity contribution is 7.71. The highest BCUT2D eigenvalue weighted by Crippen LogP contribution is 2.40. The molecule has 0 unspecified atom stereocenters. The van der Waals surface area contributed by atoms with Crippen molar-refractivity contribution in [2.45, 2.75) is 57.7 Å². The van der Waals surface area contributed by atoms with Gasteiger partial charge in [-0.05, 0) is 50.9 Å². The summed E-state index contributed by atoms with van der Waals surface area (Å²) >= 11 is 5.28. The van der Waals surface area contributed by atoms with Crippen LogP contribution < -0.4 is 16.6 Å². The number of aromatic amines is 2. The Morgan fingerprint density at radius 1 is 1.30 bits per heavy atom. The fraction of sp³-hybridized carbons (Fsp3) is 0.474. The zero-order chi connectivity index (χ0) is 21.0. The molecule has 2 aliphatic carbocycles.